The molecule has 0 spiro atoms. The van der Waals surface area contributed by atoms with Crippen LogP contribution in [0.15, 0.2) is 24.3 Å². The summed E-state index contributed by atoms with van der Waals surface area (Å²) in [5, 5.41) is 51.6. The molecule has 8 heteroatoms. The molecule has 1 heterocycles. The van der Waals surface area contributed by atoms with Crippen LogP contribution < -0.4 is 10.4 Å². The van der Waals surface area contributed by atoms with E-state index in [0.717, 1.165) is 0 Å². The van der Waals surface area contributed by atoms with Crippen molar-refractivity contribution in [1.82, 2.24) is 0 Å². The third-order valence-electron chi connectivity index (χ3n) is 3.32. The maximum Gasteiger partial charge on any atom is 0.157 e. The lowest BCUT2D eigenvalue weighted by Crippen LogP contribution is -2.60. The van der Waals surface area contributed by atoms with Crippen molar-refractivity contribution in [2.45, 2.75) is 30.6 Å². The summed E-state index contributed by atoms with van der Waals surface area (Å²) < 4.78 is 5.26. The van der Waals surface area contributed by atoms with Crippen LogP contribution in [-0.2, 0) is 4.74 Å². The van der Waals surface area contributed by atoms with Gasteiger partial charge < -0.3 is 40.4 Å². The van der Waals surface area contributed by atoms with Crippen LogP contribution in [0.4, 0.5) is 5.69 Å². The van der Waals surface area contributed by atoms with E-state index in [1.807, 2.05) is 0 Å². The standard InChI is InChI=1S/C13H17NO7/c15-5-8-9(16)10(17)11(18)12(21-8)14-7-3-1-6(2-4-7)13(19)20/h1-4,8-12,14-18H,5H2,(H,19,20)/p-1/t8-,9+,10+,11-,12-/m0/s1. The van der Waals surface area contributed by atoms with Gasteiger partial charge in [-0.05, 0) is 17.7 Å². The number of hydrogen-bond acceptors (Lipinski definition) is 8. The molecule has 0 unspecified atom stereocenters. The number of aliphatic hydroxyl groups excluding tert-OH is 4. The molecule has 8 nitrogen and oxygen atoms in total. The van der Waals surface area contributed by atoms with Gasteiger partial charge in [0.1, 0.15) is 24.4 Å². The lowest BCUT2D eigenvalue weighted by molar-refractivity contribution is -0.255. The fourth-order valence-corrected chi connectivity index (χ4v) is 2.09. The largest absolute Gasteiger partial charge is 0.545 e. The van der Waals surface area contributed by atoms with Gasteiger partial charge in [0.2, 0.25) is 0 Å². The smallest absolute Gasteiger partial charge is 0.157 e. The summed E-state index contributed by atoms with van der Waals surface area (Å²) in [4.78, 5) is 10.6. The van der Waals surface area contributed by atoms with Gasteiger partial charge in [-0.1, -0.05) is 12.1 Å². The molecule has 1 fully saturated rings. The van der Waals surface area contributed by atoms with Crippen LogP contribution in [0.5, 0.6) is 0 Å². The molecular formula is C13H16NO7-. The van der Waals surface area contributed by atoms with Gasteiger partial charge >= 0.3 is 0 Å². The number of ether oxygens (including phenoxy) is 1. The molecule has 0 aromatic heterocycles. The van der Waals surface area contributed by atoms with Crippen LogP contribution in [0.1, 0.15) is 10.4 Å². The number of aromatic carboxylic acids is 1. The van der Waals surface area contributed by atoms with Crippen molar-refractivity contribution >= 4 is 11.7 Å². The van der Waals surface area contributed by atoms with Crippen molar-refractivity contribution in [3.8, 4) is 0 Å². The Morgan fingerprint density at radius 1 is 1.14 bits per heavy atom. The summed E-state index contributed by atoms with van der Waals surface area (Å²) in [5.41, 5.74) is 0.429. The average molecular weight is 298 g/mol. The van der Waals surface area contributed by atoms with Crippen molar-refractivity contribution in [3.63, 3.8) is 0 Å². The first kappa shape index (κ1) is 15.7. The van der Waals surface area contributed by atoms with Crippen molar-refractivity contribution in [1.29, 1.82) is 0 Å². The van der Waals surface area contributed by atoms with E-state index in [4.69, 9.17) is 9.84 Å². The highest BCUT2D eigenvalue weighted by molar-refractivity contribution is 5.86. The molecule has 0 aliphatic carbocycles. The summed E-state index contributed by atoms with van der Waals surface area (Å²) in [6.07, 6.45) is -6.39. The predicted octanol–water partition coefficient (Wildman–Crippen LogP) is -2.74. The summed E-state index contributed by atoms with van der Waals surface area (Å²) in [6.45, 7) is -0.521. The number of nitrogens with one attached hydrogen (secondary N) is 1. The molecule has 116 valence electrons. The van der Waals surface area contributed by atoms with E-state index >= 15 is 0 Å². The second kappa shape index (κ2) is 6.37. The Bertz CT molecular complexity index is 490. The lowest BCUT2D eigenvalue weighted by atomic mass is 9.98. The van der Waals surface area contributed by atoms with Crippen LogP contribution in [0, 0.1) is 0 Å². The first-order valence-corrected chi connectivity index (χ1v) is 6.32. The van der Waals surface area contributed by atoms with Crippen molar-refractivity contribution < 1.29 is 35.1 Å². The highest BCUT2D eigenvalue weighted by atomic mass is 16.6. The van der Waals surface area contributed by atoms with E-state index in [0.29, 0.717) is 5.69 Å². The topological polar surface area (TPSA) is 142 Å². The molecule has 5 atom stereocenters. The number of carboxylic acid groups (broad SMARTS) is 1. The van der Waals surface area contributed by atoms with Gasteiger partial charge in [0.05, 0.1) is 12.6 Å². The van der Waals surface area contributed by atoms with Crippen molar-refractivity contribution in [3.05, 3.63) is 29.8 Å². The van der Waals surface area contributed by atoms with Gasteiger partial charge in [-0.3, -0.25) is 0 Å². The normalized spacial score (nSPS) is 32.7. The highest BCUT2D eigenvalue weighted by Crippen LogP contribution is 2.23. The van der Waals surface area contributed by atoms with Gasteiger partial charge in [0, 0.05) is 5.69 Å². The monoisotopic (exact) mass is 298 g/mol. The number of rotatable bonds is 4. The van der Waals surface area contributed by atoms with Crippen molar-refractivity contribution in [2.75, 3.05) is 11.9 Å². The van der Waals surface area contributed by atoms with E-state index < -0.39 is 43.2 Å². The molecule has 1 aliphatic rings. The van der Waals surface area contributed by atoms with Crippen LogP contribution >= 0.6 is 0 Å². The molecule has 2 rings (SSSR count). The molecule has 1 aromatic rings. The molecular weight excluding hydrogens is 282 g/mol. The Balaban J connectivity index is 2.08. The Morgan fingerprint density at radius 2 is 1.76 bits per heavy atom. The average Bonchev–Trinajstić information content (AvgIpc) is 2.48. The fourth-order valence-electron chi connectivity index (χ4n) is 2.09. The first-order chi connectivity index (χ1) is 9.93. The molecule has 1 saturated heterocycles. The number of carbonyl (C=O) groups excluding carboxylic acids is 1. The van der Waals surface area contributed by atoms with E-state index in [2.05, 4.69) is 5.32 Å². The van der Waals surface area contributed by atoms with E-state index in [-0.39, 0.29) is 5.56 Å². The number of benzene rings is 1. The maximum absolute atomic E-state index is 10.6. The minimum atomic E-state index is -1.48. The molecule has 0 radical (unpaired) electrons. The lowest BCUT2D eigenvalue weighted by Gasteiger charge is -2.40. The SMILES string of the molecule is O=C([O-])c1ccc(N[C@H]2O[C@@H](CO)[C@@H](O)[C@@H](O)[C@@H]2O)cc1. The van der Waals surface area contributed by atoms with E-state index in [1.54, 1.807) is 0 Å². The number of hydrogen-bond donors (Lipinski definition) is 5. The molecule has 5 N–H and O–H groups in total. The minimum Gasteiger partial charge on any atom is -0.545 e. The molecule has 0 amide bonds. The number of aliphatic hydroxyl groups is 4. The third-order valence-corrected chi connectivity index (χ3v) is 3.32. The molecule has 0 saturated carbocycles. The van der Waals surface area contributed by atoms with Gasteiger partial charge in [0.15, 0.2) is 6.23 Å². The van der Waals surface area contributed by atoms with Gasteiger partial charge in [-0.2, -0.15) is 0 Å². The van der Waals surface area contributed by atoms with Crippen LogP contribution in [0.3, 0.4) is 0 Å². The van der Waals surface area contributed by atoms with Crippen LogP contribution in [0.25, 0.3) is 0 Å². The summed E-state index contributed by atoms with van der Waals surface area (Å²) in [7, 11) is 0. The van der Waals surface area contributed by atoms with Crippen LogP contribution in [0.2, 0.25) is 0 Å². The Hall–Kier alpha value is -1.71. The van der Waals surface area contributed by atoms with E-state index in [9.17, 15) is 25.2 Å². The zero-order chi connectivity index (χ0) is 15.6. The molecule has 1 aromatic carbocycles. The Labute approximate surface area is 120 Å². The number of anilines is 1. The van der Waals surface area contributed by atoms with E-state index in [1.165, 1.54) is 24.3 Å². The van der Waals surface area contributed by atoms with Crippen LogP contribution in [-0.4, -0.2) is 63.6 Å². The first-order valence-electron chi connectivity index (χ1n) is 6.32. The summed E-state index contributed by atoms with van der Waals surface area (Å²) >= 11 is 0. The minimum absolute atomic E-state index is 0.00523. The maximum atomic E-state index is 10.6. The molecule has 1 aliphatic heterocycles. The molecule has 0 bridgehead atoms. The second-order valence-electron chi connectivity index (χ2n) is 4.76. The second-order valence-corrected chi connectivity index (χ2v) is 4.76. The zero-order valence-electron chi connectivity index (χ0n) is 10.9. The zero-order valence-corrected chi connectivity index (χ0v) is 10.9. The Morgan fingerprint density at radius 3 is 2.29 bits per heavy atom. The van der Waals surface area contributed by atoms with Gasteiger partial charge in [-0.15, -0.1) is 0 Å². The quantitative estimate of drug-likeness (QED) is 0.403. The fraction of sp³-hybridized carbons (Fsp3) is 0.462. The highest BCUT2D eigenvalue weighted by Gasteiger charge is 2.43. The summed E-state index contributed by atoms with van der Waals surface area (Å²) in [6, 6.07) is 5.49. The number of carboxylic acids is 1. The van der Waals surface area contributed by atoms with Crippen molar-refractivity contribution in [2.24, 2.45) is 0 Å². The molecule has 21 heavy (non-hydrogen) atoms. The van der Waals surface area contributed by atoms with Gasteiger partial charge in [-0.25, -0.2) is 0 Å². The predicted molar refractivity (Wildman–Crippen MR) is 68.2 cm³/mol. The third kappa shape index (κ3) is 3.31. The Kier molecular flexibility index (Phi) is 4.76. The summed E-state index contributed by atoms with van der Waals surface area (Å²) in [5.74, 6) is -1.31. The van der Waals surface area contributed by atoms with Gasteiger partial charge in [0.25, 0.3) is 0 Å². The number of carbonyl (C=O) groups is 1.